The molecule has 0 radical (unpaired) electrons. The summed E-state index contributed by atoms with van der Waals surface area (Å²) in [6, 6.07) is 16.1. The number of anilines is 1. The van der Waals surface area contributed by atoms with Crippen LogP contribution >= 0.6 is 11.6 Å². The maximum absolute atomic E-state index is 12.6. The van der Waals surface area contributed by atoms with Crippen LogP contribution in [0.3, 0.4) is 0 Å². The Labute approximate surface area is 172 Å². The lowest BCUT2D eigenvalue weighted by atomic mass is 10.0. The van der Waals surface area contributed by atoms with Crippen molar-refractivity contribution in [3.05, 3.63) is 64.7 Å². The molecule has 0 saturated carbocycles. The average molecular weight is 403 g/mol. The predicted molar refractivity (Wildman–Crippen MR) is 115 cm³/mol. The van der Waals surface area contributed by atoms with E-state index in [1.165, 1.54) is 16.2 Å². The number of hydrogen-bond donors (Lipinski definition) is 3. The summed E-state index contributed by atoms with van der Waals surface area (Å²) in [6.07, 6.45) is 0. The highest BCUT2D eigenvalue weighted by Crippen LogP contribution is 2.17. The molecule has 3 N–H and O–H groups in total. The first-order valence-electron chi connectivity index (χ1n) is 9.91. The third kappa shape index (κ3) is 5.25. The summed E-state index contributed by atoms with van der Waals surface area (Å²) in [7, 11) is 6.34. The van der Waals surface area contributed by atoms with E-state index >= 15 is 0 Å². The number of hydrogen-bond acceptors (Lipinski definition) is 2. The zero-order chi connectivity index (χ0) is 20.1. The number of likely N-dealkylation sites (N-methyl/N-ethyl adjacent to an activating group) is 1. The number of carbonyl (C=O) groups excluding carboxylic acids is 1. The normalized spacial score (nSPS) is 20.4. The first-order valence-corrected chi connectivity index (χ1v) is 10.3. The number of benzene rings is 2. The average Bonchev–Trinajstić information content (AvgIpc) is 2.69. The van der Waals surface area contributed by atoms with Crippen LogP contribution < -0.4 is 20.0 Å². The summed E-state index contributed by atoms with van der Waals surface area (Å²) >= 11 is 6.03. The van der Waals surface area contributed by atoms with Gasteiger partial charge >= 0.3 is 0 Å². The minimum absolute atomic E-state index is 0.0726. The van der Waals surface area contributed by atoms with Crippen LogP contribution in [0.4, 0.5) is 5.69 Å². The topological polar surface area (TPSA) is 41.2 Å². The Morgan fingerprint density at radius 3 is 2.39 bits per heavy atom. The van der Waals surface area contributed by atoms with Gasteiger partial charge in [-0.25, -0.2) is 0 Å². The Morgan fingerprint density at radius 2 is 1.79 bits per heavy atom. The fourth-order valence-electron chi connectivity index (χ4n) is 3.78. The van der Waals surface area contributed by atoms with Gasteiger partial charge in [0.05, 0.1) is 13.6 Å². The van der Waals surface area contributed by atoms with Crippen LogP contribution in [0.15, 0.2) is 48.5 Å². The molecule has 5 nitrogen and oxygen atoms in total. The molecule has 0 spiro atoms. The van der Waals surface area contributed by atoms with Gasteiger partial charge in [-0.2, -0.15) is 0 Å². The summed E-state index contributed by atoms with van der Waals surface area (Å²) in [6.45, 7) is 5.15. The van der Waals surface area contributed by atoms with Crippen molar-refractivity contribution in [3.63, 3.8) is 0 Å². The third-order valence-electron chi connectivity index (χ3n) is 5.60. The maximum Gasteiger partial charge on any atom is 0.251 e. The Bertz CT molecular complexity index is 785. The van der Waals surface area contributed by atoms with E-state index in [9.17, 15) is 4.79 Å². The second-order valence-corrected chi connectivity index (χ2v) is 8.31. The minimum atomic E-state index is -0.0726. The number of quaternary nitrogens is 2. The number of halogens is 1. The monoisotopic (exact) mass is 402 g/mol. The second-order valence-electron chi connectivity index (χ2n) is 7.87. The van der Waals surface area contributed by atoms with E-state index in [0.717, 1.165) is 26.2 Å². The van der Waals surface area contributed by atoms with E-state index in [4.69, 9.17) is 11.6 Å². The van der Waals surface area contributed by atoms with Gasteiger partial charge in [0, 0.05) is 35.9 Å². The Morgan fingerprint density at radius 1 is 1.11 bits per heavy atom. The molecule has 1 amide bonds. The molecule has 2 aromatic rings. The van der Waals surface area contributed by atoms with Gasteiger partial charge in [-0.15, -0.1) is 0 Å². The molecule has 1 fully saturated rings. The molecule has 1 heterocycles. The molecule has 1 saturated heterocycles. The van der Waals surface area contributed by atoms with Crippen LogP contribution in [0.5, 0.6) is 0 Å². The summed E-state index contributed by atoms with van der Waals surface area (Å²) in [5, 5.41) is 3.71. The summed E-state index contributed by atoms with van der Waals surface area (Å²) in [5.74, 6) is -0.0726. The SMILES string of the molecule is CN(C)c1ccc([C@H](CNC(=O)c2cccc(Cl)c2)[NH+]2CC[NH+](C)CC2)cc1. The lowest BCUT2D eigenvalue weighted by Gasteiger charge is -2.33. The second kappa shape index (κ2) is 9.41. The number of rotatable bonds is 6. The highest BCUT2D eigenvalue weighted by Gasteiger charge is 2.29. The molecule has 0 aliphatic carbocycles. The van der Waals surface area contributed by atoms with Crippen LogP contribution in [0.1, 0.15) is 22.0 Å². The minimum Gasteiger partial charge on any atom is -0.378 e. The van der Waals surface area contributed by atoms with Gasteiger partial charge in [0.1, 0.15) is 32.2 Å². The van der Waals surface area contributed by atoms with Crippen molar-refractivity contribution in [2.24, 2.45) is 0 Å². The fraction of sp³-hybridized carbons (Fsp3) is 0.409. The predicted octanol–water partition coefficient (Wildman–Crippen LogP) is 0.290. The summed E-state index contributed by atoms with van der Waals surface area (Å²) in [4.78, 5) is 17.8. The van der Waals surface area contributed by atoms with E-state index in [1.54, 1.807) is 23.1 Å². The largest absolute Gasteiger partial charge is 0.378 e. The van der Waals surface area contributed by atoms with Crippen LogP contribution in [0.25, 0.3) is 0 Å². The Hall–Kier alpha value is -2.08. The van der Waals surface area contributed by atoms with E-state index < -0.39 is 0 Å². The van der Waals surface area contributed by atoms with Gasteiger partial charge in [-0.05, 0) is 30.3 Å². The number of amides is 1. The zero-order valence-electron chi connectivity index (χ0n) is 17.0. The van der Waals surface area contributed by atoms with Gasteiger partial charge in [-0.1, -0.05) is 29.8 Å². The van der Waals surface area contributed by atoms with Crippen LogP contribution in [-0.2, 0) is 0 Å². The molecule has 3 rings (SSSR count). The van der Waals surface area contributed by atoms with Crippen molar-refractivity contribution < 1.29 is 14.6 Å². The Kier molecular flexibility index (Phi) is 6.94. The van der Waals surface area contributed by atoms with Crippen LogP contribution in [0, 0.1) is 0 Å². The number of piperazine rings is 1. The molecule has 2 aromatic carbocycles. The first kappa shape index (κ1) is 20.6. The van der Waals surface area contributed by atoms with Crippen molar-refractivity contribution >= 4 is 23.2 Å². The van der Waals surface area contributed by atoms with Gasteiger partial charge in [0.15, 0.2) is 0 Å². The van der Waals surface area contributed by atoms with Gasteiger partial charge in [-0.3, -0.25) is 4.79 Å². The molecule has 0 bridgehead atoms. The van der Waals surface area contributed by atoms with E-state index in [0.29, 0.717) is 17.1 Å². The molecule has 0 aromatic heterocycles. The molecule has 1 aliphatic heterocycles. The molecule has 28 heavy (non-hydrogen) atoms. The highest BCUT2D eigenvalue weighted by atomic mass is 35.5. The molecule has 1 atom stereocenters. The number of carbonyl (C=O) groups is 1. The van der Waals surface area contributed by atoms with Crippen molar-refractivity contribution in [1.82, 2.24) is 5.32 Å². The molecular weight excluding hydrogens is 372 g/mol. The first-order chi connectivity index (χ1) is 13.4. The standard InChI is InChI=1S/C22H29ClN4O/c1-25(2)20-9-7-17(8-10-20)21(27-13-11-26(3)12-14-27)16-24-22(28)18-5-4-6-19(23)15-18/h4-10,15,21H,11-14,16H2,1-3H3,(H,24,28)/p+2/t21-/m0/s1. The lowest BCUT2D eigenvalue weighted by molar-refractivity contribution is -1.02. The van der Waals surface area contributed by atoms with E-state index in [1.807, 2.05) is 20.2 Å². The zero-order valence-corrected chi connectivity index (χ0v) is 17.7. The molecule has 150 valence electrons. The van der Waals surface area contributed by atoms with E-state index in [2.05, 4.69) is 41.5 Å². The lowest BCUT2D eigenvalue weighted by Crippen LogP contribution is -3.27. The smallest absolute Gasteiger partial charge is 0.251 e. The van der Waals surface area contributed by atoms with Gasteiger partial charge < -0.3 is 20.0 Å². The van der Waals surface area contributed by atoms with Crippen molar-refractivity contribution in [2.75, 3.05) is 58.8 Å². The highest BCUT2D eigenvalue weighted by molar-refractivity contribution is 6.30. The van der Waals surface area contributed by atoms with Crippen molar-refractivity contribution in [2.45, 2.75) is 6.04 Å². The molecule has 6 heteroatoms. The van der Waals surface area contributed by atoms with Crippen LogP contribution in [0.2, 0.25) is 5.02 Å². The maximum atomic E-state index is 12.6. The van der Waals surface area contributed by atoms with Crippen LogP contribution in [-0.4, -0.2) is 59.8 Å². The van der Waals surface area contributed by atoms with Crippen molar-refractivity contribution in [3.8, 4) is 0 Å². The fourth-order valence-corrected chi connectivity index (χ4v) is 3.97. The number of nitrogens with zero attached hydrogens (tertiary/aromatic N) is 1. The number of nitrogens with one attached hydrogen (secondary N) is 3. The molecule has 0 unspecified atom stereocenters. The summed E-state index contributed by atoms with van der Waals surface area (Å²) < 4.78 is 0. The van der Waals surface area contributed by atoms with Crippen molar-refractivity contribution in [1.29, 1.82) is 0 Å². The van der Waals surface area contributed by atoms with Gasteiger partial charge in [0.2, 0.25) is 0 Å². The Balaban J connectivity index is 1.75. The van der Waals surface area contributed by atoms with E-state index in [-0.39, 0.29) is 11.9 Å². The quantitative estimate of drug-likeness (QED) is 0.650. The third-order valence-corrected chi connectivity index (χ3v) is 5.84. The molecule has 1 aliphatic rings. The van der Waals surface area contributed by atoms with Gasteiger partial charge in [0.25, 0.3) is 5.91 Å². The molecular formula is C22H31ClN4O+2. The summed E-state index contributed by atoms with van der Waals surface area (Å²) in [5.41, 5.74) is 3.06.